The number of alkyl halides is 3. The fraction of sp³-hybridized carbons (Fsp3) is 0.629. The highest BCUT2D eigenvalue weighted by Crippen LogP contribution is 2.30. The molecule has 0 bridgehead atoms. The van der Waals surface area contributed by atoms with Gasteiger partial charge in [-0.15, -0.1) is 0 Å². The van der Waals surface area contributed by atoms with Gasteiger partial charge in [-0.25, -0.2) is 0 Å². The number of rotatable bonds is 11. The van der Waals surface area contributed by atoms with Gasteiger partial charge in [-0.2, -0.15) is 13.2 Å². The van der Waals surface area contributed by atoms with Crippen molar-refractivity contribution in [1.82, 2.24) is 55.6 Å². The van der Waals surface area contributed by atoms with Gasteiger partial charge in [0.2, 0.25) is 65.0 Å². The number of carbonyl (C=O) groups is 11. The summed E-state index contributed by atoms with van der Waals surface area (Å²) >= 11 is 6.18. The van der Waals surface area contributed by atoms with Crippen LogP contribution < -0.4 is 21.3 Å². The molecule has 1 heterocycles. The fourth-order valence-corrected chi connectivity index (χ4v) is 9.80. The average molecular weight is 1260 g/mol. The number of halogens is 4. The van der Waals surface area contributed by atoms with Gasteiger partial charge in [0.25, 0.3) is 0 Å². The van der Waals surface area contributed by atoms with Crippen LogP contribution in [0.4, 0.5) is 13.2 Å². The van der Waals surface area contributed by atoms with Gasteiger partial charge in [0.1, 0.15) is 41.8 Å². The van der Waals surface area contributed by atoms with Crippen molar-refractivity contribution in [2.24, 2.45) is 17.8 Å². The summed E-state index contributed by atoms with van der Waals surface area (Å²) in [6.07, 6.45) is -4.66. The van der Waals surface area contributed by atoms with Crippen LogP contribution in [0.2, 0.25) is 5.02 Å². The molecule has 1 unspecified atom stereocenters. The van der Waals surface area contributed by atoms with Crippen LogP contribution in [-0.2, 0) is 71.8 Å². The first-order chi connectivity index (χ1) is 40.7. The Kier molecular flexibility index (Phi) is 27.9. The Morgan fingerprint density at radius 2 is 1.10 bits per heavy atom. The second kappa shape index (κ2) is 32.8. The standard InChI is InChI=1S/C62H93ClF3N11O11/c1-18-38(6)53-59(87)73(13)34-51(80)71(11)35-52(81)76(16)48(32-42-21-26-44(63)27-22-42)58(86)72(12)33-49(78)67-45(28-23-41-19-24-43(25-20-41)62(64,65)66)55(83)68-47(30-37(4)5)57(85)77(17)61(9,10)60(88)69-46(29-36(2)3)56(84)74(14)39(7)31-50(79)75(15)40(8)54(82)70-53/h19-22,24-27,36-40,45-48,53H,18,23,28-35H2,1-17H3,(H,67,78)(H,68,83)(H,69,88)(H,70,82)/t38?,39-,40+,45+,46+,47+,48+,53+/m1/s1. The van der Waals surface area contributed by atoms with Gasteiger partial charge in [0.15, 0.2) is 0 Å². The minimum Gasteiger partial charge on any atom is -0.343 e. The van der Waals surface area contributed by atoms with Gasteiger partial charge in [0, 0.05) is 73.2 Å². The van der Waals surface area contributed by atoms with Crippen molar-refractivity contribution in [2.45, 2.75) is 168 Å². The Hall–Kier alpha value is -7.31. The monoisotopic (exact) mass is 1260 g/mol. The molecule has 26 heteroatoms. The van der Waals surface area contributed by atoms with Crippen molar-refractivity contribution in [1.29, 1.82) is 0 Å². The molecule has 2 aromatic rings. The van der Waals surface area contributed by atoms with Gasteiger partial charge in [-0.05, 0) is 107 Å². The third-order valence-corrected chi connectivity index (χ3v) is 16.7. The molecule has 4 N–H and O–H groups in total. The summed E-state index contributed by atoms with van der Waals surface area (Å²) in [4.78, 5) is 165. The average Bonchev–Trinajstić information content (AvgIpc) is 2.99. The summed E-state index contributed by atoms with van der Waals surface area (Å²) in [6, 6.07) is 2.35. The third kappa shape index (κ3) is 21.2. The summed E-state index contributed by atoms with van der Waals surface area (Å²) in [5.41, 5.74) is -1.67. The summed E-state index contributed by atoms with van der Waals surface area (Å²) in [7, 11) is 9.56. The van der Waals surface area contributed by atoms with E-state index in [1.54, 1.807) is 52.0 Å². The SMILES string of the molecule is CCC(C)[C@@H]1NC(=O)[C@H](C)N(C)C(=O)C[C@@H](C)N(C)C(=O)[C@H](CC(C)C)NC(=O)C(C)(C)N(C)C(=O)[C@H](CC(C)C)NC(=O)[C@H](CCc2ccc(C(F)(F)F)cc2)NC(=O)CN(C)C(=O)[C@H](Cc2ccc(Cl)cc2)N(C)C(=O)CN(C)C(=O)CN(C)C1=O. The zero-order valence-electron chi connectivity index (χ0n) is 54.1. The molecule has 8 atom stereocenters. The van der Waals surface area contributed by atoms with E-state index < -0.39 is 150 Å². The van der Waals surface area contributed by atoms with Gasteiger partial charge in [0.05, 0.1) is 25.2 Å². The predicted molar refractivity (Wildman–Crippen MR) is 326 cm³/mol. The Labute approximate surface area is 521 Å². The molecule has 22 nitrogen and oxygen atoms in total. The lowest BCUT2D eigenvalue weighted by atomic mass is 9.95. The van der Waals surface area contributed by atoms with Gasteiger partial charge in [-0.1, -0.05) is 83.8 Å². The summed E-state index contributed by atoms with van der Waals surface area (Å²) < 4.78 is 40.6. The molecular formula is C62H93ClF3N11O11. The first-order valence-corrected chi connectivity index (χ1v) is 30.0. The van der Waals surface area contributed by atoms with Crippen molar-refractivity contribution < 1.29 is 65.9 Å². The molecule has 1 aliphatic heterocycles. The molecule has 0 aromatic heterocycles. The van der Waals surface area contributed by atoms with Crippen LogP contribution in [0.1, 0.15) is 118 Å². The number of likely N-dealkylation sites (N-methyl/N-ethyl adjacent to an activating group) is 7. The molecule has 11 amide bonds. The van der Waals surface area contributed by atoms with Crippen molar-refractivity contribution in [3.8, 4) is 0 Å². The molecule has 2 aromatic carbocycles. The van der Waals surface area contributed by atoms with Gasteiger partial charge in [-0.3, -0.25) is 52.7 Å². The Morgan fingerprint density at radius 1 is 0.580 bits per heavy atom. The Bertz CT molecular complexity index is 2800. The molecule has 0 aliphatic carbocycles. The lowest BCUT2D eigenvalue weighted by molar-refractivity contribution is -0.149. The number of amides is 11. The second-order valence-electron chi connectivity index (χ2n) is 24.7. The quantitative estimate of drug-likeness (QED) is 0.249. The normalized spacial score (nSPS) is 24.0. The van der Waals surface area contributed by atoms with E-state index in [-0.39, 0.29) is 50.4 Å². The fourth-order valence-electron chi connectivity index (χ4n) is 9.68. The van der Waals surface area contributed by atoms with Crippen LogP contribution >= 0.6 is 11.6 Å². The van der Waals surface area contributed by atoms with E-state index in [1.165, 1.54) is 92.0 Å². The van der Waals surface area contributed by atoms with E-state index in [2.05, 4.69) is 21.3 Å². The van der Waals surface area contributed by atoms with E-state index in [4.69, 9.17) is 11.6 Å². The Balaban J connectivity index is 2.19. The highest BCUT2D eigenvalue weighted by molar-refractivity contribution is 6.30. The first-order valence-electron chi connectivity index (χ1n) is 29.6. The van der Waals surface area contributed by atoms with Crippen LogP contribution in [0.3, 0.4) is 0 Å². The van der Waals surface area contributed by atoms with E-state index in [0.29, 0.717) is 22.6 Å². The van der Waals surface area contributed by atoms with Crippen molar-refractivity contribution in [3.63, 3.8) is 0 Å². The summed E-state index contributed by atoms with van der Waals surface area (Å²) in [5, 5.41) is 11.4. The number of aryl methyl sites for hydroxylation is 1. The van der Waals surface area contributed by atoms with E-state index in [9.17, 15) is 65.9 Å². The van der Waals surface area contributed by atoms with Gasteiger partial charge < -0.3 is 55.6 Å². The number of hydrogen-bond donors (Lipinski definition) is 4. The first kappa shape index (κ1) is 74.9. The number of nitrogens with one attached hydrogen (secondary N) is 4. The molecule has 490 valence electrons. The Morgan fingerprint density at radius 3 is 1.64 bits per heavy atom. The minimum absolute atomic E-state index is 0.0262. The molecule has 0 spiro atoms. The predicted octanol–water partition coefficient (Wildman–Crippen LogP) is 4.15. The molecule has 0 radical (unpaired) electrons. The largest absolute Gasteiger partial charge is 0.416 e. The summed E-state index contributed by atoms with van der Waals surface area (Å²) in [5.74, 6) is -8.60. The van der Waals surface area contributed by atoms with Crippen LogP contribution in [-0.4, -0.2) is 216 Å². The number of benzene rings is 2. The van der Waals surface area contributed by atoms with Crippen LogP contribution in [0.25, 0.3) is 0 Å². The van der Waals surface area contributed by atoms with Crippen LogP contribution in [0.15, 0.2) is 48.5 Å². The maximum Gasteiger partial charge on any atom is 0.416 e. The molecular weight excluding hydrogens is 1170 g/mol. The molecule has 1 saturated heterocycles. The van der Waals surface area contributed by atoms with Crippen LogP contribution in [0, 0.1) is 17.8 Å². The lowest BCUT2D eigenvalue weighted by Gasteiger charge is -2.39. The number of carbonyl (C=O) groups excluding carboxylic acids is 11. The smallest absolute Gasteiger partial charge is 0.343 e. The maximum absolute atomic E-state index is 14.7. The highest BCUT2D eigenvalue weighted by atomic mass is 35.5. The third-order valence-electron chi connectivity index (χ3n) is 16.4. The van der Waals surface area contributed by atoms with Crippen molar-refractivity contribution in [3.05, 3.63) is 70.2 Å². The molecule has 1 aliphatic rings. The summed E-state index contributed by atoms with van der Waals surface area (Å²) in [6.45, 7) is 15.0. The topological polar surface area (TPSA) is 259 Å². The maximum atomic E-state index is 14.7. The highest BCUT2D eigenvalue weighted by Gasteiger charge is 2.42. The van der Waals surface area contributed by atoms with E-state index >= 15 is 0 Å². The lowest BCUT2D eigenvalue weighted by Crippen LogP contribution is -2.63. The molecule has 3 rings (SSSR count). The number of hydrogen-bond acceptors (Lipinski definition) is 11. The van der Waals surface area contributed by atoms with Crippen molar-refractivity contribution in [2.75, 3.05) is 69.0 Å². The molecule has 1 fully saturated rings. The van der Waals surface area contributed by atoms with Crippen LogP contribution in [0.5, 0.6) is 0 Å². The zero-order chi connectivity index (χ0) is 67.0. The van der Waals surface area contributed by atoms with E-state index in [1.807, 2.05) is 20.8 Å². The molecule has 0 saturated carbocycles. The van der Waals surface area contributed by atoms with Gasteiger partial charge >= 0.3 is 6.18 Å². The molecule has 88 heavy (non-hydrogen) atoms. The zero-order valence-corrected chi connectivity index (χ0v) is 54.9. The minimum atomic E-state index is -4.63. The second-order valence-corrected chi connectivity index (χ2v) is 25.1. The van der Waals surface area contributed by atoms with Crippen molar-refractivity contribution >= 4 is 76.6 Å². The van der Waals surface area contributed by atoms with E-state index in [0.717, 1.165) is 36.6 Å². The number of nitrogens with zero attached hydrogens (tertiary/aromatic N) is 7.